The number of benzene rings is 1. The lowest BCUT2D eigenvalue weighted by Gasteiger charge is -2.11. The van der Waals surface area contributed by atoms with Crippen LogP contribution in [0.1, 0.15) is 17.6 Å². The quantitative estimate of drug-likeness (QED) is 0.820. The molecule has 5 nitrogen and oxygen atoms in total. The first-order valence-electron chi connectivity index (χ1n) is 6.76. The Bertz CT molecular complexity index is 696. The lowest BCUT2D eigenvalue weighted by atomic mass is 10.3. The van der Waals surface area contributed by atoms with Crippen LogP contribution < -0.4 is 10.0 Å². The number of para-hydroxylation sites is 1. The van der Waals surface area contributed by atoms with Crippen molar-refractivity contribution in [2.45, 2.75) is 25.2 Å². The molecule has 0 unspecified atom stereocenters. The minimum atomic E-state index is -3.51. The van der Waals surface area contributed by atoms with Gasteiger partial charge in [-0.1, -0.05) is 12.1 Å². The van der Waals surface area contributed by atoms with Crippen LogP contribution in [0.3, 0.4) is 0 Å². The van der Waals surface area contributed by atoms with Gasteiger partial charge in [-0.25, -0.2) is 18.1 Å². The maximum absolute atomic E-state index is 12.4. The second-order valence-corrected chi connectivity index (χ2v) is 7.33. The van der Waals surface area contributed by atoms with Gasteiger partial charge in [0.2, 0.25) is 10.0 Å². The summed E-state index contributed by atoms with van der Waals surface area (Å²) in [6, 6.07) is 6.91. The summed E-state index contributed by atoms with van der Waals surface area (Å²) >= 11 is 1.57. The summed E-state index contributed by atoms with van der Waals surface area (Å²) in [7, 11) is -3.51. The van der Waals surface area contributed by atoms with Crippen molar-refractivity contribution in [3.63, 3.8) is 0 Å². The Hall–Kier alpha value is -1.44. The van der Waals surface area contributed by atoms with Crippen molar-refractivity contribution in [2.24, 2.45) is 0 Å². The zero-order valence-corrected chi connectivity index (χ0v) is 13.7. The topological polar surface area (TPSA) is 71.1 Å². The molecule has 1 aromatic carbocycles. The van der Waals surface area contributed by atoms with E-state index in [1.807, 2.05) is 25.3 Å². The fourth-order valence-corrected chi connectivity index (χ4v) is 3.81. The van der Waals surface area contributed by atoms with Crippen molar-refractivity contribution >= 4 is 27.0 Å². The van der Waals surface area contributed by atoms with Crippen LogP contribution in [-0.4, -0.2) is 26.5 Å². The summed E-state index contributed by atoms with van der Waals surface area (Å²) in [6.45, 7) is 4.88. The molecule has 0 aliphatic carbocycles. The van der Waals surface area contributed by atoms with Gasteiger partial charge in [0.1, 0.15) is 4.90 Å². The van der Waals surface area contributed by atoms with Crippen LogP contribution in [0.5, 0.6) is 0 Å². The first-order valence-corrected chi connectivity index (χ1v) is 9.13. The monoisotopic (exact) mass is 325 g/mol. The van der Waals surface area contributed by atoms with E-state index in [2.05, 4.69) is 15.0 Å². The van der Waals surface area contributed by atoms with Gasteiger partial charge in [-0.2, -0.15) is 0 Å². The third-order valence-corrected chi connectivity index (χ3v) is 5.23. The number of thiazole rings is 1. The minimum absolute atomic E-state index is 0.279. The number of aryl methyl sites for hydroxylation is 1. The molecule has 0 radical (unpaired) electrons. The highest BCUT2D eigenvalue weighted by molar-refractivity contribution is 7.89. The van der Waals surface area contributed by atoms with E-state index in [1.54, 1.807) is 29.5 Å². The summed E-state index contributed by atoms with van der Waals surface area (Å²) in [4.78, 5) is 4.60. The van der Waals surface area contributed by atoms with Crippen molar-refractivity contribution in [3.05, 3.63) is 40.3 Å². The van der Waals surface area contributed by atoms with Crippen molar-refractivity contribution in [2.75, 3.05) is 18.4 Å². The molecule has 0 saturated carbocycles. The molecular formula is C14H19N3O2S2. The van der Waals surface area contributed by atoms with Gasteiger partial charge in [0.15, 0.2) is 0 Å². The number of rotatable bonds is 7. The van der Waals surface area contributed by atoms with Crippen LogP contribution in [0.2, 0.25) is 0 Å². The van der Waals surface area contributed by atoms with Gasteiger partial charge >= 0.3 is 0 Å². The lowest BCUT2D eigenvalue weighted by Crippen LogP contribution is -2.26. The van der Waals surface area contributed by atoms with Crippen molar-refractivity contribution in [1.29, 1.82) is 0 Å². The van der Waals surface area contributed by atoms with Crippen LogP contribution in [0.15, 0.2) is 34.5 Å². The van der Waals surface area contributed by atoms with Crippen molar-refractivity contribution in [3.8, 4) is 0 Å². The molecule has 0 aliphatic rings. The van der Waals surface area contributed by atoms with E-state index in [9.17, 15) is 8.42 Å². The highest BCUT2D eigenvalue weighted by Crippen LogP contribution is 2.20. The maximum Gasteiger partial charge on any atom is 0.242 e. The molecule has 0 amide bonds. The minimum Gasteiger partial charge on any atom is -0.384 e. The zero-order chi connectivity index (χ0) is 15.3. The second kappa shape index (κ2) is 7.02. The van der Waals surface area contributed by atoms with E-state index in [4.69, 9.17) is 0 Å². The van der Waals surface area contributed by atoms with Crippen LogP contribution in [-0.2, 0) is 16.4 Å². The largest absolute Gasteiger partial charge is 0.384 e. The molecular weight excluding hydrogens is 306 g/mol. The number of nitrogens with one attached hydrogen (secondary N) is 2. The SMILES string of the molecule is CCNc1ccccc1S(=O)(=O)NCCc1csc(C)n1. The van der Waals surface area contributed by atoms with Gasteiger partial charge < -0.3 is 5.32 Å². The summed E-state index contributed by atoms with van der Waals surface area (Å²) < 4.78 is 27.3. The Labute approximate surface area is 129 Å². The molecule has 0 saturated heterocycles. The maximum atomic E-state index is 12.4. The van der Waals surface area contributed by atoms with E-state index < -0.39 is 10.0 Å². The Morgan fingerprint density at radius 1 is 1.29 bits per heavy atom. The number of anilines is 1. The average Bonchev–Trinajstić information content (AvgIpc) is 2.85. The fraction of sp³-hybridized carbons (Fsp3) is 0.357. The van der Waals surface area contributed by atoms with E-state index in [-0.39, 0.29) is 4.90 Å². The second-order valence-electron chi connectivity index (χ2n) is 4.53. The molecule has 1 heterocycles. The first kappa shape index (κ1) is 15.9. The molecule has 7 heteroatoms. The third kappa shape index (κ3) is 4.26. The van der Waals surface area contributed by atoms with Gasteiger partial charge in [-0.05, 0) is 26.0 Å². The number of sulfonamides is 1. The number of nitrogens with zero attached hydrogens (tertiary/aromatic N) is 1. The zero-order valence-electron chi connectivity index (χ0n) is 12.1. The van der Waals surface area contributed by atoms with Crippen LogP contribution in [0.4, 0.5) is 5.69 Å². The molecule has 0 atom stereocenters. The Kier molecular flexibility index (Phi) is 5.33. The number of hydrogen-bond donors (Lipinski definition) is 2. The molecule has 0 fully saturated rings. The Morgan fingerprint density at radius 3 is 2.71 bits per heavy atom. The number of aromatic nitrogens is 1. The molecule has 2 rings (SSSR count). The van der Waals surface area contributed by atoms with Gasteiger partial charge in [-0.15, -0.1) is 11.3 Å². The molecule has 114 valence electrons. The summed E-state index contributed by atoms with van der Waals surface area (Å²) in [5, 5.41) is 6.01. The van der Waals surface area contributed by atoms with E-state index >= 15 is 0 Å². The van der Waals surface area contributed by atoms with E-state index in [0.29, 0.717) is 25.2 Å². The van der Waals surface area contributed by atoms with Crippen LogP contribution in [0.25, 0.3) is 0 Å². The van der Waals surface area contributed by atoms with Gasteiger partial charge in [0, 0.05) is 24.9 Å². The normalized spacial score (nSPS) is 11.5. The van der Waals surface area contributed by atoms with Crippen LogP contribution >= 0.6 is 11.3 Å². The van der Waals surface area contributed by atoms with Gasteiger partial charge in [0.05, 0.1) is 16.4 Å². The third-order valence-electron chi connectivity index (χ3n) is 2.88. The van der Waals surface area contributed by atoms with E-state index in [1.165, 1.54) is 0 Å². The molecule has 2 N–H and O–H groups in total. The first-order chi connectivity index (χ1) is 10.0. The predicted molar refractivity (Wildman–Crippen MR) is 86.3 cm³/mol. The average molecular weight is 325 g/mol. The molecule has 0 bridgehead atoms. The van der Waals surface area contributed by atoms with Gasteiger partial charge in [0.25, 0.3) is 0 Å². The van der Waals surface area contributed by atoms with E-state index in [0.717, 1.165) is 10.7 Å². The molecule has 0 spiro atoms. The molecule has 1 aromatic heterocycles. The Balaban J connectivity index is 2.04. The summed E-state index contributed by atoms with van der Waals surface area (Å²) in [6.07, 6.45) is 0.590. The Morgan fingerprint density at radius 2 is 2.05 bits per heavy atom. The molecule has 21 heavy (non-hydrogen) atoms. The van der Waals surface area contributed by atoms with Gasteiger partial charge in [-0.3, -0.25) is 0 Å². The molecule has 2 aromatic rings. The predicted octanol–water partition coefficient (Wildman–Crippen LogP) is 2.40. The summed E-state index contributed by atoms with van der Waals surface area (Å²) in [5.74, 6) is 0. The standard InChI is InChI=1S/C14H19N3O2S2/c1-3-15-13-6-4-5-7-14(13)21(18,19)16-9-8-12-10-20-11(2)17-12/h4-7,10,15-16H,3,8-9H2,1-2H3. The number of hydrogen-bond acceptors (Lipinski definition) is 5. The van der Waals surface area contributed by atoms with Crippen LogP contribution in [0, 0.1) is 6.92 Å². The van der Waals surface area contributed by atoms with Crippen molar-refractivity contribution in [1.82, 2.24) is 9.71 Å². The summed E-state index contributed by atoms with van der Waals surface area (Å²) in [5.41, 5.74) is 1.54. The lowest BCUT2D eigenvalue weighted by molar-refractivity contribution is 0.581. The highest BCUT2D eigenvalue weighted by Gasteiger charge is 2.17. The smallest absolute Gasteiger partial charge is 0.242 e. The highest BCUT2D eigenvalue weighted by atomic mass is 32.2. The molecule has 0 aliphatic heterocycles. The fourth-order valence-electron chi connectivity index (χ4n) is 1.95. The van der Waals surface area contributed by atoms with Crippen molar-refractivity contribution < 1.29 is 8.42 Å².